The zero-order valence-electron chi connectivity index (χ0n) is 24.2. The molecule has 218 valence electrons. The summed E-state index contributed by atoms with van der Waals surface area (Å²) < 4.78 is 5.45. The van der Waals surface area contributed by atoms with E-state index in [4.69, 9.17) is 4.74 Å². The highest BCUT2D eigenvalue weighted by atomic mass is 16.5. The van der Waals surface area contributed by atoms with Gasteiger partial charge in [0.2, 0.25) is 17.7 Å². The van der Waals surface area contributed by atoms with Crippen LogP contribution in [0.3, 0.4) is 0 Å². The summed E-state index contributed by atoms with van der Waals surface area (Å²) in [4.78, 5) is 41.9. The summed E-state index contributed by atoms with van der Waals surface area (Å²) in [6, 6.07) is 14.4. The smallest absolute Gasteiger partial charge is 0.245 e. The third-order valence-corrected chi connectivity index (χ3v) is 7.65. The van der Waals surface area contributed by atoms with E-state index in [1.807, 2.05) is 55.5 Å². The van der Waals surface area contributed by atoms with E-state index in [0.29, 0.717) is 31.7 Å². The van der Waals surface area contributed by atoms with Crippen molar-refractivity contribution in [1.82, 2.24) is 15.5 Å². The van der Waals surface area contributed by atoms with Crippen LogP contribution >= 0.6 is 0 Å². The van der Waals surface area contributed by atoms with Gasteiger partial charge in [0, 0.05) is 37.4 Å². The number of likely N-dealkylation sites (tertiary alicyclic amines) is 1. The van der Waals surface area contributed by atoms with Gasteiger partial charge >= 0.3 is 0 Å². The number of carbonyl (C=O) groups is 3. The number of aryl methyl sites for hydroxylation is 1. The standard InChI is InChI=1S/C32H45N3O5/c1-4-5-7-13-25(20-30(37)33-21-26-16-15-23(2)18-29(26)40-3)31(38)34-28(19-24-11-8-6-9-12-24)32(39)35-17-10-14-27(35)22-36/h6,8-9,11-12,15-16,18,25,27-28,36H,4-5,7,10,13-14,17,19-22H2,1-3H3,(H,33,37)(H,34,38)/t25-,27+,28+/m1/s1. The molecular weight excluding hydrogens is 506 g/mol. The van der Waals surface area contributed by atoms with Crippen molar-refractivity contribution in [3.63, 3.8) is 0 Å². The minimum Gasteiger partial charge on any atom is -0.496 e. The van der Waals surface area contributed by atoms with Gasteiger partial charge in [0.15, 0.2) is 0 Å². The van der Waals surface area contributed by atoms with Gasteiger partial charge in [-0.1, -0.05) is 68.7 Å². The number of benzene rings is 2. The van der Waals surface area contributed by atoms with Crippen molar-refractivity contribution in [2.45, 2.75) is 83.8 Å². The normalized spacial score (nSPS) is 16.3. The lowest BCUT2D eigenvalue weighted by atomic mass is 9.95. The van der Waals surface area contributed by atoms with E-state index in [1.54, 1.807) is 12.0 Å². The molecule has 0 aliphatic carbocycles. The van der Waals surface area contributed by atoms with Crippen LogP contribution < -0.4 is 15.4 Å². The lowest BCUT2D eigenvalue weighted by Gasteiger charge is -2.29. The van der Waals surface area contributed by atoms with Crippen LogP contribution in [0.25, 0.3) is 0 Å². The van der Waals surface area contributed by atoms with Crippen molar-refractivity contribution in [3.8, 4) is 5.75 Å². The van der Waals surface area contributed by atoms with E-state index in [1.165, 1.54) is 0 Å². The number of nitrogens with one attached hydrogen (secondary N) is 2. The number of hydrogen-bond acceptors (Lipinski definition) is 5. The van der Waals surface area contributed by atoms with E-state index in [0.717, 1.165) is 48.8 Å². The quantitative estimate of drug-likeness (QED) is 0.291. The van der Waals surface area contributed by atoms with Crippen LogP contribution in [-0.2, 0) is 27.3 Å². The molecule has 2 aromatic carbocycles. The Bertz CT molecular complexity index is 1110. The summed E-state index contributed by atoms with van der Waals surface area (Å²) in [7, 11) is 1.60. The van der Waals surface area contributed by atoms with E-state index in [9.17, 15) is 19.5 Å². The minimum absolute atomic E-state index is 0.0406. The predicted molar refractivity (Wildman–Crippen MR) is 156 cm³/mol. The number of ether oxygens (including phenoxy) is 1. The molecule has 8 heteroatoms. The van der Waals surface area contributed by atoms with E-state index in [2.05, 4.69) is 17.6 Å². The van der Waals surface area contributed by atoms with Gasteiger partial charge in [0.1, 0.15) is 11.8 Å². The monoisotopic (exact) mass is 551 g/mol. The van der Waals surface area contributed by atoms with Crippen molar-refractivity contribution < 1.29 is 24.2 Å². The summed E-state index contributed by atoms with van der Waals surface area (Å²) >= 11 is 0. The molecule has 40 heavy (non-hydrogen) atoms. The molecule has 3 amide bonds. The molecule has 1 fully saturated rings. The van der Waals surface area contributed by atoms with Gasteiger partial charge in [-0.15, -0.1) is 0 Å². The molecule has 0 saturated carbocycles. The van der Waals surface area contributed by atoms with E-state index >= 15 is 0 Å². The fourth-order valence-corrected chi connectivity index (χ4v) is 5.31. The third-order valence-electron chi connectivity index (χ3n) is 7.65. The lowest BCUT2D eigenvalue weighted by Crippen LogP contribution is -2.53. The Morgan fingerprint density at radius 2 is 1.90 bits per heavy atom. The average Bonchev–Trinajstić information content (AvgIpc) is 3.45. The lowest BCUT2D eigenvalue weighted by molar-refractivity contribution is -0.139. The summed E-state index contributed by atoms with van der Waals surface area (Å²) in [5, 5.41) is 15.7. The number of methoxy groups -OCH3 is 1. The number of hydrogen-bond donors (Lipinski definition) is 3. The molecule has 0 radical (unpaired) electrons. The number of aliphatic hydroxyl groups excluding tert-OH is 1. The largest absolute Gasteiger partial charge is 0.496 e. The van der Waals surface area contributed by atoms with Crippen LogP contribution in [0.1, 0.15) is 68.6 Å². The zero-order chi connectivity index (χ0) is 28.9. The molecule has 0 unspecified atom stereocenters. The molecule has 2 aromatic rings. The number of rotatable bonds is 15. The molecule has 1 aliphatic rings. The number of nitrogens with zero attached hydrogens (tertiary/aromatic N) is 1. The average molecular weight is 552 g/mol. The van der Waals surface area contributed by atoms with Crippen molar-refractivity contribution in [3.05, 3.63) is 65.2 Å². The van der Waals surface area contributed by atoms with Crippen molar-refractivity contribution in [1.29, 1.82) is 0 Å². The van der Waals surface area contributed by atoms with Gasteiger partial charge in [-0.05, 0) is 43.4 Å². The van der Waals surface area contributed by atoms with Crippen LogP contribution in [0.5, 0.6) is 5.75 Å². The SMILES string of the molecule is CCCCC[C@H](CC(=O)NCc1ccc(C)cc1OC)C(=O)N[C@@H](Cc1ccccc1)C(=O)N1CCC[C@H]1CO. The summed E-state index contributed by atoms with van der Waals surface area (Å²) in [6.07, 6.45) is 5.32. The number of aliphatic hydroxyl groups is 1. The Hall–Kier alpha value is -3.39. The molecule has 3 rings (SSSR count). The molecule has 8 nitrogen and oxygen atoms in total. The minimum atomic E-state index is -0.768. The molecular formula is C32H45N3O5. The summed E-state index contributed by atoms with van der Waals surface area (Å²) in [5.41, 5.74) is 2.87. The molecule has 1 aliphatic heterocycles. The molecule has 0 bridgehead atoms. The van der Waals surface area contributed by atoms with E-state index in [-0.39, 0.29) is 36.8 Å². The Labute approximate surface area is 238 Å². The second-order valence-corrected chi connectivity index (χ2v) is 10.8. The highest BCUT2D eigenvalue weighted by Crippen LogP contribution is 2.22. The van der Waals surface area contributed by atoms with Crippen LogP contribution in [-0.4, -0.2) is 60.1 Å². The number of unbranched alkanes of at least 4 members (excludes halogenated alkanes) is 2. The van der Waals surface area contributed by atoms with E-state index < -0.39 is 12.0 Å². The number of carbonyl (C=O) groups excluding carboxylic acids is 3. The van der Waals surface area contributed by atoms with Gasteiger partial charge in [0.25, 0.3) is 0 Å². The van der Waals surface area contributed by atoms with Crippen molar-refractivity contribution in [2.75, 3.05) is 20.3 Å². The first-order valence-corrected chi connectivity index (χ1v) is 14.5. The van der Waals surface area contributed by atoms with Crippen LogP contribution in [0.2, 0.25) is 0 Å². The Balaban J connectivity index is 1.71. The van der Waals surface area contributed by atoms with Crippen LogP contribution in [0, 0.1) is 12.8 Å². The van der Waals surface area contributed by atoms with Gasteiger partial charge in [-0.25, -0.2) is 0 Å². The zero-order valence-corrected chi connectivity index (χ0v) is 24.2. The fourth-order valence-electron chi connectivity index (χ4n) is 5.31. The van der Waals surface area contributed by atoms with Crippen LogP contribution in [0.15, 0.2) is 48.5 Å². The van der Waals surface area contributed by atoms with Crippen molar-refractivity contribution in [2.24, 2.45) is 5.92 Å². The molecule has 0 spiro atoms. The van der Waals surface area contributed by atoms with Gasteiger partial charge in [-0.3, -0.25) is 14.4 Å². The van der Waals surface area contributed by atoms with Gasteiger partial charge < -0.3 is 25.4 Å². The second-order valence-electron chi connectivity index (χ2n) is 10.8. The summed E-state index contributed by atoms with van der Waals surface area (Å²) in [6.45, 7) is 4.85. The molecule has 0 aromatic heterocycles. The maximum Gasteiger partial charge on any atom is 0.245 e. The molecule has 1 saturated heterocycles. The highest BCUT2D eigenvalue weighted by Gasteiger charge is 2.35. The number of amides is 3. The molecule has 1 heterocycles. The topological polar surface area (TPSA) is 108 Å². The predicted octanol–water partition coefficient (Wildman–Crippen LogP) is 3.92. The Kier molecular flexibility index (Phi) is 12.5. The molecule has 3 atom stereocenters. The first-order valence-electron chi connectivity index (χ1n) is 14.5. The first kappa shape index (κ1) is 31.1. The third kappa shape index (κ3) is 9.08. The maximum atomic E-state index is 13.6. The Morgan fingerprint density at radius 1 is 1.12 bits per heavy atom. The Morgan fingerprint density at radius 3 is 2.60 bits per heavy atom. The second kappa shape index (κ2) is 16.0. The van der Waals surface area contributed by atoms with Gasteiger partial charge in [0.05, 0.1) is 19.8 Å². The fraction of sp³-hybridized carbons (Fsp3) is 0.531. The first-order chi connectivity index (χ1) is 19.4. The van der Waals surface area contributed by atoms with Crippen LogP contribution in [0.4, 0.5) is 0 Å². The maximum absolute atomic E-state index is 13.6. The highest BCUT2D eigenvalue weighted by molar-refractivity contribution is 5.91. The van der Waals surface area contributed by atoms with Gasteiger partial charge in [-0.2, -0.15) is 0 Å². The summed E-state index contributed by atoms with van der Waals surface area (Å²) in [5.74, 6) is -0.525. The molecule has 3 N–H and O–H groups in total. The van der Waals surface area contributed by atoms with Crippen molar-refractivity contribution >= 4 is 17.7 Å².